The normalized spacial score (nSPS) is 21.7. The lowest BCUT2D eigenvalue weighted by Gasteiger charge is -2.42. The van der Waals surface area contributed by atoms with E-state index in [1.807, 2.05) is 30.0 Å². The van der Waals surface area contributed by atoms with Gasteiger partial charge < -0.3 is 15.5 Å². The first-order valence-electron chi connectivity index (χ1n) is 10.1. The number of amides is 3. The van der Waals surface area contributed by atoms with Crippen LogP contribution in [0, 0.1) is 5.92 Å². The number of pyridine rings is 1. The van der Waals surface area contributed by atoms with E-state index in [4.69, 9.17) is 0 Å². The third kappa shape index (κ3) is 5.42. The largest absolute Gasteiger partial charge is 0.350 e. The number of aromatic nitrogens is 1. The van der Waals surface area contributed by atoms with Crippen molar-refractivity contribution in [2.45, 2.75) is 45.2 Å². The molecular formula is C20H31N5O2. The number of piperidine rings is 2. The monoisotopic (exact) mass is 373 g/mol. The van der Waals surface area contributed by atoms with Gasteiger partial charge in [0.25, 0.3) is 0 Å². The van der Waals surface area contributed by atoms with Crippen molar-refractivity contribution >= 4 is 11.9 Å². The second-order valence-corrected chi connectivity index (χ2v) is 7.43. The second kappa shape index (κ2) is 9.69. The molecule has 3 amide bonds. The molecule has 27 heavy (non-hydrogen) atoms. The molecule has 7 heteroatoms. The van der Waals surface area contributed by atoms with E-state index in [-0.39, 0.29) is 17.9 Å². The highest BCUT2D eigenvalue weighted by molar-refractivity contribution is 5.79. The molecule has 2 aliphatic rings. The van der Waals surface area contributed by atoms with Crippen molar-refractivity contribution in [3.8, 4) is 0 Å². The van der Waals surface area contributed by atoms with Gasteiger partial charge in [-0.3, -0.25) is 14.7 Å². The molecular weight excluding hydrogens is 342 g/mol. The summed E-state index contributed by atoms with van der Waals surface area (Å²) in [7, 11) is 0. The summed E-state index contributed by atoms with van der Waals surface area (Å²) >= 11 is 0. The predicted molar refractivity (Wildman–Crippen MR) is 104 cm³/mol. The Hall–Kier alpha value is -2.15. The summed E-state index contributed by atoms with van der Waals surface area (Å²) in [6.45, 7) is 6.56. The van der Waals surface area contributed by atoms with Crippen LogP contribution < -0.4 is 10.6 Å². The Labute approximate surface area is 161 Å². The van der Waals surface area contributed by atoms with Gasteiger partial charge in [0.2, 0.25) is 5.91 Å². The van der Waals surface area contributed by atoms with Gasteiger partial charge >= 0.3 is 6.03 Å². The van der Waals surface area contributed by atoms with Crippen molar-refractivity contribution in [2.75, 3.05) is 32.7 Å². The average molecular weight is 374 g/mol. The first-order valence-corrected chi connectivity index (χ1v) is 10.1. The van der Waals surface area contributed by atoms with Gasteiger partial charge in [-0.2, -0.15) is 0 Å². The highest BCUT2D eigenvalue weighted by Crippen LogP contribution is 2.24. The van der Waals surface area contributed by atoms with Crippen molar-refractivity contribution < 1.29 is 9.59 Å². The lowest BCUT2D eigenvalue weighted by atomic mass is 9.93. The van der Waals surface area contributed by atoms with Crippen molar-refractivity contribution in [2.24, 2.45) is 5.92 Å². The third-order valence-electron chi connectivity index (χ3n) is 5.59. The highest BCUT2D eigenvalue weighted by atomic mass is 16.2. The fourth-order valence-electron chi connectivity index (χ4n) is 4.07. The summed E-state index contributed by atoms with van der Waals surface area (Å²) in [5.41, 5.74) is 0.885. The van der Waals surface area contributed by atoms with E-state index in [1.54, 1.807) is 6.20 Å². The molecule has 2 saturated heterocycles. The standard InChI is InChI=1S/C20H31N5O2/c1-2-21-20(27)24-12-8-18(9-13-24)25-11-5-6-16(15-25)19(26)23-14-17-7-3-4-10-22-17/h3-4,7,10,16,18H,2,5-6,8-9,11-15H2,1H3,(H,21,27)(H,23,26)/t16-/m1/s1. The summed E-state index contributed by atoms with van der Waals surface area (Å²) in [6.07, 6.45) is 5.72. The number of likely N-dealkylation sites (tertiary alicyclic amines) is 2. The highest BCUT2D eigenvalue weighted by Gasteiger charge is 2.32. The summed E-state index contributed by atoms with van der Waals surface area (Å²) in [4.78, 5) is 33.2. The van der Waals surface area contributed by atoms with Crippen LogP contribution >= 0.6 is 0 Å². The molecule has 0 radical (unpaired) electrons. The molecule has 7 nitrogen and oxygen atoms in total. The Morgan fingerprint density at radius 1 is 1.15 bits per heavy atom. The second-order valence-electron chi connectivity index (χ2n) is 7.43. The van der Waals surface area contributed by atoms with Crippen LogP contribution in [0.4, 0.5) is 4.79 Å². The van der Waals surface area contributed by atoms with Gasteiger partial charge in [0.15, 0.2) is 0 Å². The van der Waals surface area contributed by atoms with E-state index < -0.39 is 0 Å². The molecule has 0 bridgehead atoms. The van der Waals surface area contributed by atoms with Gasteiger partial charge in [-0.25, -0.2) is 4.79 Å². The molecule has 0 aliphatic carbocycles. The van der Waals surface area contributed by atoms with Gasteiger partial charge in [0.1, 0.15) is 0 Å². The quantitative estimate of drug-likeness (QED) is 0.822. The zero-order valence-electron chi connectivity index (χ0n) is 16.2. The minimum atomic E-state index is 0.0429. The van der Waals surface area contributed by atoms with Crippen molar-refractivity contribution in [3.63, 3.8) is 0 Å². The van der Waals surface area contributed by atoms with E-state index >= 15 is 0 Å². The summed E-state index contributed by atoms with van der Waals surface area (Å²) in [5, 5.41) is 5.91. The number of hydrogen-bond donors (Lipinski definition) is 2. The number of carbonyl (C=O) groups is 2. The topological polar surface area (TPSA) is 77.6 Å². The Kier molecular flexibility index (Phi) is 7.04. The fourth-order valence-corrected chi connectivity index (χ4v) is 4.07. The minimum absolute atomic E-state index is 0.0429. The van der Waals surface area contributed by atoms with Crippen LogP contribution in [-0.4, -0.2) is 65.5 Å². The molecule has 2 N–H and O–H groups in total. The number of nitrogens with one attached hydrogen (secondary N) is 2. The summed E-state index contributed by atoms with van der Waals surface area (Å²) in [5.74, 6) is 0.175. The molecule has 148 valence electrons. The Bertz CT molecular complexity index is 616. The molecule has 0 saturated carbocycles. The van der Waals surface area contributed by atoms with Crippen LogP contribution in [0.25, 0.3) is 0 Å². The molecule has 3 heterocycles. The molecule has 2 fully saturated rings. The number of rotatable bonds is 5. The zero-order valence-corrected chi connectivity index (χ0v) is 16.2. The van der Waals surface area contributed by atoms with E-state index in [0.717, 1.165) is 57.6 Å². The van der Waals surface area contributed by atoms with Crippen LogP contribution in [0.3, 0.4) is 0 Å². The maximum absolute atomic E-state index is 12.6. The van der Waals surface area contributed by atoms with Crippen molar-refractivity contribution in [3.05, 3.63) is 30.1 Å². The smallest absolute Gasteiger partial charge is 0.317 e. The van der Waals surface area contributed by atoms with Crippen LogP contribution in [-0.2, 0) is 11.3 Å². The maximum atomic E-state index is 12.6. The van der Waals surface area contributed by atoms with E-state index in [2.05, 4.69) is 20.5 Å². The predicted octanol–water partition coefficient (Wildman–Crippen LogP) is 1.60. The van der Waals surface area contributed by atoms with Crippen LogP contribution in [0.2, 0.25) is 0 Å². The van der Waals surface area contributed by atoms with Gasteiger partial charge in [0, 0.05) is 38.4 Å². The van der Waals surface area contributed by atoms with Gasteiger partial charge in [-0.1, -0.05) is 6.07 Å². The number of urea groups is 1. The molecule has 0 spiro atoms. The first-order chi connectivity index (χ1) is 13.2. The average Bonchev–Trinajstić information content (AvgIpc) is 2.73. The van der Waals surface area contributed by atoms with Crippen LogP contribution in [0.5, 0.6) is 0 Å². The fraction of sp³-hybridized carbons (Fsp3) is 0.650. The molecule has 1 aromatic rings. The molecule has 1 aromatic heterocycles. The van der Waals surface area contributed by atoms with Crippen LogP contribution in [0.1, 0.15) is 38.3 Å². The van der Waals surface area contributed by atoms with Crippen molar-refractivity contribution in [1.29, 1.82) is 0 Å². The Morgan fingerprint density at radius 2 is 1.96 bits per heavy atom. The summed E-state index contributed by atoms with van der Waals surface area (Å²) in [6, 6.07) is 6.25. The molecule has 1 atom stereocenters. The SMILES string of the molecule is CCNC(=O)N1CCC(N2CCC[C@@H](C(=O)NCc3ccccn3)C2)CC1. The molecule has 2 aliphatic heterocycles. The lowest BCUT2D eigenvalue weighted by molar-refractivity contribution is -0.127. The van der Waals surface area contributed by atoms with Gasteiger partial charge in [-0.05, 0) is 51.3 Å². The molecule has 0 unspecified atom stereocenters. The van der Waals surface area contributed by atoms with E-state index in [0.29, 0.717) is 19.1 Å². The Balaban J connectivity index is 1.45. The number of nitrogens with zero attached hydrogens (tertiary/aromatic N) is 3. The minimum Gasteiger partial charge on any atom is -0.350 e. The van der Waals surface area contributed by atoms with Gasteiger partial charge in [0.05, 0.1) is 18.2 Å². The first kappa shape index (κ1) is 19.6. The van der Waals surface area contributed by atoms with Crippen molar-refractivity contribution in [1.82, 2.24) is 25.4 Å². The molecule has 0 aromatic carbocycles. The third-order valence-corrected chi connectivity index (χ3v) is 5.59. The van der Waals surface area contributed by atoms with Gasteiger partial charge in [-0.15, -0.1) is 0 Å². The maximum Gasteiger partial charge on any atom is 0.317 e. The number of carbonyl (C=O) groups excluding carboxylic acids is 2. The van der Waals surface area contributed by atoms with Crippen LogP contribution in [0.15, 0.2) is 24.4 Å². The Morgan fingerprint density at radius 3 is 2.67 bits per heavy atom. The lowest BCUT2D eigenvalue weighted by Crippen LogP contribution is -2.52. The zero-order chi connectivity index (χ0) is 19.1. The van der Waals surface area contributed by atoms with E-state index in [1.165, 1.54) is 0 Å². The summed E-state index contributed by atoms with van der Waals surface area (Å²) < 4.78 is 0. The van der Waals surface area contributed by atoms with E-state index in [9.17, 15) is 9.59 Å². The molecule has 3 rings (SSSR count). The number of hydrogen-bond acceptors (Lipinski definition) is 4.